The lowest BCUT2D eigenvalue weighted by atomic mass is 10.1. The molecule has 1 unspecified atom stereocenters. The van der Waals surface area contributed by atoms with Gasteiger partial charge in [0.15, 0.2) is 5.96 Å². The van der Waals surface area contributed by atoms with Crippen LogP contribution in [0.4, 0.5) is 0 Å². The van der Waals surface area contributed by atoms with Crippen molar-refractivity contribution in [3.63, 3.8) is 0 Å². The summed E-state index contributed by atoms with van der Waals surface area (Å²) < 4.78 is 7.94. The number of piperidine rings is 1. The van der Waals surface area contributed by atoms with Crippen LogP contribution >= 0.6 is 0 Å². The van der Waals surface area contributed by atoms with E-state index in [-0.39, 0.29) is 6.04 Å². The molecule has 160 valence electrons. The number of likely N-dealkylation sites (tertiary alicyclic amines) is 1. The Kier molecular flexibility index (Phi) is 8.61. The van der Waals surface area contributed by atoms with Crippen molar-refractivity contribution in [2.24, 2.45) is 4.99 Å². The van der Waals surface area contributed by atoms with Crippen LogP contribution in [0.1, 0.15) is 56.7 Å². The van der Waals surface area contributed by atoms with Crippen LogP contribution in [-0.4, -0.2) is 53.1 Å². The maximum atomic E-state index is 5.74. The average molecular weight is 401 g/mol. The lowest BCUT2D eigenvalue weighted by Gasteiger charge is -2.32. The van der Waals surface area contributed by atoms with Gasteiger partial charge in [0.2, 0.25) is 0 Å². The number of guanidine groups is 1. The maximum absolute atomic E-state index is 5.74. The SMILES string of the molecule is CCNC(=NCC(c1ccco1)N1CCCCC1)NCCCCn1ccnc1C. The van der Waals surface area contributed by atoms with Gasteiger partial charge in [0.05, 0.1) is 18.8 Å². The van der Waals surface area contributed by atoms with Crippen molar-refractivity contribution in [1.29, 1.82) is 0 Å². The third-order valence-electron chi connectivity index (χ3n) is 5.51. The molecule has 3 rings (SSSR count). The van der Waals surface area contributed by atoms with Crippen LogP contribution in [-0.2, 0) is 6.54 Å². The molecular formula is C22H36N6O. The van der Waals surface area contributed by atoms with Crippen molar-refractivity contribution in [1.82, 2.24) is 25.1 Å². The van der Waals surface area contributed by atoms with E-state index in [1.165, 1.54) is 19.3 Å². The highest BCUT2D eigenvalue weighted by Crippen LogP contribution is 2.25. The second-order valence-corrected chi connectivity index (χ2v) is 7.65. The first-order valence-electron chi connectivity index (χ1n) is 11.0. The number of hydrogen-bond acceptors (Lipinski definition) is 4. The van der Waals surface area contributed by atoms with Crippen molar-refractivity contribution < 1.29 is 4.42 Å². The van der Waals surface area contributed by atoms with Gasteiger partial charge in [-0.05, 0) is 64.8 Å². The van der Waals surface area contributed by atoms with Gasteiger partial charge >= 0.3 is 0 Å². The van der Waals surface area contributed by atoms with Crippen LogP contribution in [0.5, 0.6) is 0 Å². The van der Waals surface area contributed by atoms with Gasteiger partial charge in [0.25, 0.3) is 0 Å². The van der Waals surface area contributed by atoms with E-state index in [4.69, 9.17) is 9.41 Å². The second-order valence-electron chi connectivity index (χ2n) is 7.65. The number of nitrogens with one attached hydrogen (secondary N) is 2. The molecule has 7 heteroatoms. The molecule has 3 heterocycles. The molecule has 1 saturated heterocycles. The zero-order valence-corrected chi connectivity index (χ0v) is 17.9. The number of nitrogens with zero attached hydrogens (tertiary/aromatic N) is 4. The standard InChI is InChI=1S/C22H36N6O/c1-3-23-22(25-11-5-8-13-27-16-12-24-19(27)2)26-18-20(21-10-9-17-29-21)28-14-6-4-7-15-28/h9-10,12,16-17,20H,3-8,11,13-15,18H2,1-2H3,(H2,23,25,26). The van der Waals surface area contributed by atoms with E-state index in [1.54, 1.807) is 6.26 Å². The minimum Gasteiger partial charge on any atom is -0.468 e. The van der Waals surface area contributed by atoms with Crippen LogP contribution in [0, 0.1) is 6.92 Å². The van der Waals surface area contributed by atoms with E-state index < -0.39 is 0 Å². The Morgan fingerprint density at radius 1 is 1.24 bits per heavy atom. The van der Waals surface area contributed by atoms with Crippen LogP contribution in [0.3, 0.4) is 0 Å². The molecule has 1 aliphatic rings. The van der Waals surface area contributed by atoms with Gasteiger partial charge in [-0.2, -0.15) is 0 Å². The topological polar surface area (TPSA) is 70.6 Å². The van der Waals surface area contributed by atoms with Crippen molar-refractivity contribution in [3.8, 4) is 0 Å². The number of rotatable bonds is 10. The molecule has 1 fully saturated rings. The number of aliphatic imine (C=N–C) groups is 1. The third kappa shape index (κ3) is 6.63. The molecule has 2 aromatic heterocycles. The smallest absolute Gasteiger partial charge is 0.191 e. The monoisotopic (exact) mass is 400 g/mol. The molecule has 0 saturated carbocycles. The van der Waals surface area contributed by atoms with E-state index in [0.717, 1.165) is 63.1 Å². The molecule has 0 bridgehead atoms. The predicted molar refractivity (Wildman–Crippen MR) is 117 cm³/mol. The lowest BCUT2D eigenvalue weighted by Crippen LogP contribution is -2.39. The van der Waals surface area contributed by atoms with Gasteiger partial charge in [-0.3, -0.25) is 9.89 Å². The Balaban J connectivity index is 1.50. The summed E-state index contributed by atoms with van der Waals surface area (Å²) in [5.74, 6) is 2.98. The molecule has 0 amide bonds. The van der Waals surface area contributed by atoms with Gasteiger partial charge < -0.3 is 19.6 Å². The summed E-state index contributed by atoms with van der Waals surface area (Å²) in [5, 5.41) is 6.86. The molecule has 0 radical (unpaired) electrons. The molecular weight excluding hydrogens is 364 g/mol. The number of aryl methyl sites for hydroxylation is 2. The summed E-state index contributed by atoms with van der Waals surface area (Å²) in [6.45, 7) is 9.88. The second kappa shape index (κ2) is 11.7. The van der Waals surface area contributed by atoms with Crippen molar-refractivity contribution in [3.05, 3.63) is 42.4 Å². The molecule has 1 atom stereocenters. The quantitative estimate of drug-likeness (QED) is 0.364. The fraction of sp³-hybridized carbons (Fsp3) is 0.636. The Morgan fingerprint density at radius 2 is 2.10 bits per heavy atom. The maximum Gasteiger partial charge on any atom is 0.191 e. The fourth-order valence-corrected chi connectivity index (χ4v) is 3.87. The van der Waals surface area contributed by atoms with Crippen LogP contribution in [0.15, 0.2) is 40.2 Å². The van der Waals surface area contributed by atoms with E-state index in [1.807, 2.05) is 25.4 Å². The molecule has 0 aromatic carbocycles. The number of hydrogen-bond donors (Lipinski definition) is 2. The largest absolute Gasteiger partial charge is 0.468 e. The highest BCUT2D eigenvalue weighted by Gasteiger charge is 2.24. The Labute approximate surface area is 174 Å². The molecule has 2 aromatic rings. The Morgan fingerprint density at radius 3 is 2.79 bits per heavy atom. The lowest BCUT2D eigenvalue weighted by molar-refractivity contribution is 0.150. The van der Waals surface area contributed by atoms with Crippen molar-refractivity contribution >= 4 is 5.96 Å². The highest BCUT2D eigenvalue weighted by molar-refractivity contribution is 5.79. The fourth-order valence-electron chi connectivity index (χ4n) is 3.87. The van der Waals surface area contributed by atoms with Crippen LogP contribution in [0.25, 0.3) is 0 Å². The normalized spacial score (nSPS) is 16.7. The molecule has 0 aliphatic carbocycles. The zero-order chi connectivity index (χ0) is 20.3. The Bertz CT molecular complexity index is 718. The number of imidazole rings is 1. The van der Waals surface area contributed by atoms with Gasteiger partial charge in [-0.15, -0.1) is 0 Å². The summed E-state index contributed by atoms with van der Waals surface area (Å²) in [4.78, 5) is 11.7. The van der Waals surface area contributed by atoms with Crippen LogP contribution < -0.4 is 10.6 Å². The number of aromatic nitrogens is 2. The molecule has 7 nitrogen and oxygen atoms in total. The van der Waals surface area contributed by atoms with E-state index in [2.05, 4.69) is 38.1 Å². The number of furan rings is 1. The molecule has 29 heavy (non-hydrogen) atoms. The summed E-state index contributed by atoms with van der Waals surface area (Å²) in [5.41, 5.74) is 0. The first-order valence-corrected chi connectivity index (χ1v) is 11.0. The molecule has 1 aliphatic heterocycles. The molecule has 2 N–H and O–H groups in total. The third-order valence-corrected chi connectivity index (χ3v) is 5.51. The summed E-state index contributed by atoms with van der Waals surface area (Å²) >= 11 is 0. The predicted octanol–water partition coefficient (Wildman–Crippen LogP) is 3.35. The first-order chi connectivity index (χ1) is 14.3. The summed E-state index contributed by atoms with van der Waals surface area (Å²) in [6, 6.07) is 4.26. The number of unbranched alkanes of at least 4 members (excludes halogenated alkanes) is 1. The first kappa shape index (κ1) is 21.4. The van der Waals surface area contributed by atoms with Gasteiger partial charge in [-0.1, -0.05) is 6.42 Å². The zero-order valence-electron chi connectivity index (χ0n) is 17.9. The minimum atomic E-state index is 0.213. The van der Waals surface area contributed by atoms with Crippen molar-refractivity contribution in [2.45, 2.75) is 58.5 Å². The molecule has 0 spiro atoms. The van der Waals surface area contributed by atoms with Gasteiger partial charge in [0, 0.05) is 32.0 Å². The summed E-state index contributed by atoms with van der Waals surface area (Å²) in [6.07, 6.45) is 11.7. The van der Waals surface area contributed by atoms with E-state index in [9.17, 15) is 0 Å². The van der Waals surface area contributed by atoms with E-state index >= 15 is 0 Å². The summed E-state index contributed by atoms with van der Waals surface area (Å²) in [7, 11) is 0. The van der Waals surface area contributed by atoms with Gasteiger partial charge in [-0.25, -0.2) is 4.98 Å². The minimum absolute atomic E-state index is 0.213. The van der Waals surface area contributed by atoms with E-state index in [0.29, 0.717) is 6.54 Å². The Hall–Kier alpha value is -2.28. The van der Waals surface area contributed by atoms with Crippen molar-refractivity contribution in [2.75, 3.05) is 32.7 Å². The van der Waals surface area contributed by atoms with Gasteiger partial charge in [0.1, 0.15) is 11.6 Å². The highest BCUT2D eigenvalue weighted by atomic mass is 16.3. The average Bonchev–Trinajstić information content (AvgIpc) is 3.41. The van der Waals surface area contributed by atoms with Crippen LogP contribution in [0.2, 0.25) is 0 Å².